The highest BCUT2D eigenvalue weighted by Crippen LogP contribution is 2.40. The van der Waals surface area contributed by atoms with Crippen LogP contribution in [-0.4, -0.2) is 28.3 Å². The van der Waals surface area contributed by atoms with E-state index >= 15 is 0 Å². The maximum absolute atomic E-state index is 9.00. The van der Waals surface area contributed by atoms with Gasteiger partial charge >= 0.3 is 0 Å². The number of pyridine rings is 2. The molecule has 0 bridgehead atoms. The molecule has 5 aromatic carbocycles. The van der Waals surface area contributed by atoms with Crippen LogP contribution in [0, 0.1) is 5.41 Å². The molecule has 0 aliphatic rings. The second kappa shape index (κ2) is 10.0. The Morgan fingerprint density at radius 3 is 2.37 bits per heavy atom. The lowest BCUT2D eigenvalue weighted by molar-refractivity contribution is 0.411. The van der Waals surface area contributed by atoms with E-state index in [1.165, 1.54) is 0 Å². The van der Waals surface area contributed by atoms with Crippen molar-refractivity contribution < 1.29 is 7.48 Å². The molecule has 11 rings (SSSR count). The first-order valence-electron chi connectivity index (χ1n) is 18.2. The van der Waals surface area contributed by atoms with Crippen LogP contribution in [0.1, 0.15) is 29.1 Å². The van der Waals surface area contributed by atoms with E-state index in [0.29, 0.717) is 17.1 Å². The molecule has 0 aliphatic carbocycles. The predicted octanol–water partition coefficient (Wildman–Crippen LogP) is 10.9. The molecule has 11 aromatic rings. The lowest BCUT2D eigenvalue weighted by Crippen LogP contribution is -2.08. The fraction of sp³-hybridized carbons (Fsp3) is 0.114. The second-order valence-corrected chi connectivity index (χ2v) is 14.4. The normalized spacial score (nSPS) is 13.5. The number of nitrogens with zero attached hydrogens (tertiary/aromatic N) is 6. The van der Waals surface area contributed by atoms with Crippen LogP contribution in [0.25, 0.3) is 82.8 Å². The zero-order chi connectivity index (χ0) is 35.8. The van der Waals surface area contributed by atoms with Gasteiger partial charge < -0.3 is 4.74 Å². The molecule has 7 heteroatoms. The predicted molar refractivity (Wildman–Crippen MR) is 207 cm³/mol. The zero-order valence-corrected chi connectivity index (χ0v) is 28.2. The minimum Gasteiger partial charge on any atom is -0.457 e. The molecular formula is C44H32N6O. The number of imidazole rings is 2. The summed E-state index contributed by atoms with van der Waals surface area (Å²) in [7, 11) is 0. The number of benzene rings is 5. The molecule has 0 radical (unpaired) electrons. The fourth-order valence-corrected chi connectivity index (χ4v) is 7.94. The lowest BCUT2D eigenvalue weighted by Gasteiger charge is -2.18. The third-order valence-corrected chi connectivity index (χ3v) is 9.84. The number of rotatable bonds is 4. The van der Waals surface area contributed by atoms with Crippen LogP contribution in [0.3, 0.4) is 0 Å². The molecule has 0 saturated heterocycles. The number of para-hydroxylation sites is 3. The topological polar surface area (TPSA) is 61.6 Å². The molecule has 0 saturated carbocycles. The molecule has 6 aromatic heterocycles. The van der Waals surface area contributed by atoms with E-state index in [2.05, 4.69) is 86.2 Å². The van der Waals surface area contributed by atoms with Crippen molar-refractivity contribution in [2.45, 2.75) is 27.1 Å². The van der Waals surface area contributed by atoms with Gasteiger partial charge in [-0.2, -0.15) is 0 Å². The average Bonchev–Trinajstić information content (AvgIpc) is 3.81. The van der Waals surface area contributed by atoms with Crippen molar-refractivity contribution >= 4 is 77.0 Å². The van der Waals surface area contributed by atoms with Crippen molar-refractivity contribution in [3.05, 3.63) is 133 Å². The highest BCUT2D eigenvalue weighted by Gasteiger charge is 2.21. The van der Waals surface area contributed by atoms with Gasteiger partial charge in [-0.15, -0.1) is 0 Å². The maximum Gasteiger partial charge on any atom is 0.148 e. The van der Waals surface area contributed by atoms with Gasteiger partial charge in [0.25, 0.3) is 0 Å². The van der Waals surface area contributed by atoms with Gasteiger partial charge in [-0.1, -0.05) is 51.1 Å². The summed E-state index contributed by atoms with van der Waals surface area (Å²) >= 11 is 0. The van der Waals surface area contributed by atoms with E-state index in [0.717, 1.165) is 82.8 Å². The molecule has 0 fully saturated rings. The van der Waals surface area contributed by atoms with Gasteiger partial charge in [-0.3, -0.25) is 13.4 Å². The van der Waals surface area contributed by atoms with Crippen LogP contribution in [0.2, 0.25) is 0 Å². The Hall–Kier alpha value is -6.47. The van der Waals surface area contributed by atoms with Crippen molar-refractivity contribution in [3.63, 3.8) is 0 Å². The number of aromatic nitrogens is 6. The maximum atomic E-state index is 9.00. The SMILES string of the molecule is [2H]C([2H])(c1ccc2c(c1)c1ccc(Oc3cc4ccc5nc6cccc7c6n5c4c(c3)c3nc4ccccc4n73)cc1n2-c1ccccn1)C(C)(C)C. The monoisotopic (exact) mass is 662 g/mol. The zero-order valence-electron chi connectivity index (χ0n) is 30.2. The summed E-state index contributed by atoms with van der Waals surface area (Å²) in [6, 6.07) is 40.8. The minimum absolute atomic E-state index is 0.582. The highest BCUT2D eigenvalue weighted by molar-refractivity contribution is 6.12. The van der Waals surface area contributed by atoms with Gasteiger partial charge in [0.1, 0.15) is 28.6 Å². The number of hydrogen-bond donors (Lipinski definition) is 0. The Balaban J connectivity index is 1.15. The average molecular weight is 663 g/mol. The van der Waals surface area contributed by atoms with Gasteiger partial charge in [0.05, 0.1) is 44.1 Å². The van der Waals surface area contributed by atoms with Crippen LogP contribution >= 0.6 is 0 Å². The van der Waals surface area contributed by atoms with Crippen molar-refractivity contribution in [3.8, 4) is 17.3 Å². The number of fused-ring (bicyclic) bond motifs is 8. The summed E-state index contributed by atoms with van der Waals surface area (Å²) in [5, 5.41) is 3.93. The van der Waals surface area contributed by atoms with Gasteiger partial charge in [-0.25, -0.2) is 15.0 Å². The van der Waals surface area contributed by atoms with Crippen LogP contribution < -0.4 is 4.74 Å². The van der Waals surface area contributed by atoms with E-state index in [-0.39, 0.29) is 0 Å². The van der Waals surface area contributed by atoms with Crippen LogP contribution in [0.5, 0.6) is 11.5 Å². The second-order valence-electron chi connectivity index (χ2n) is 14.4. The number of ether oxygens (including phenoxy) is 1. The Labute approximate surface area is 295 Å². The van der Waals surface area contributed by atoms with Crippen LogP contribution in [0.4, 0.5) is 0 Å². The third-order valence-electron chi connectivity index (χ3n) is 9.84. The van der Waals surface area contributed by atoms with E-state index in [4.69, 9.17) is 22.4 Å². The Morgan fingerprint density at radius 1 is 0.627 bits per heavy atom. The van der Waals surface area contributed by atoms with Crippen molar-refractivity contribution in [2.75, 3.05) is 0 Å². The van der Waals surface area contributed by atoms with Gasteiger partial charge in [0.15, 0.2) is 0 Å². The van der Waals surface area contributed by atoms with Gasteiger partial charge in [-0.05, 0) is 102 Å². The van der Waals surface area contributed by atoms with Crippen LogP contribution in [0.15, 0.2) is 128 Å². The molecule has 0 amide bonds. The van der Waals surface area contributed by atoms with E-state index in [1.54, 1.807) is 6.20 Å². The Morgan fingerprint density at radius 2 is 1.49 bits per heavy atom. The molecule has 0 N–H and O–H groups in total. The summed E-state index contributed by atoms with van der Waals surface area (Å²) < 4.78 is 31.4. The first-order valence-corrected chi connectivity index (χ1v) is 17.2. The van der Waals surface area contributed by atoms with Crippen molar-refractivity contribution in [1.29, 1.82) is 0 Å². The largest absolute Gasteiger partial charge is 0.457 e. The molecule has 0 unspecified atom stereocenters. The standard InChI is InChI=1S/C44H32N6O/c1-44(2,3)25-26-14-18-35-31(21-26)30-17-16-28(24-38(30)48(35)39-13-6-7-20-45-39)51-29-22-27-15-19-40-46-34-10-8-12-37-42(34)50(40)41(27)32(23-29)43-47-33-9-4-5-11-36(33)49(37)43/h4-24H,25H2,1-3H3/i25D2. The highest BCUT2D eigenvalue weighted by atomic mass is 16.5. The molecule has 51 heavy (non-hydrogen) atoms. The molecule has 0 aliphatic heterocycles. The summed E-state index contributed by atoms with van der Waals surface area (Å²) in [4.78, 5) is 14.9. The smallest absolute Gasteiger partial charge is 0.148 e. The molecular weight excluding hydrogens is 629 g/mol. The fourth-order valence-electron chi connectivity index (χ4n) is 7.94. The van der Waals surface area contributed by atoms with Crippen molar-refractivity contribution in [2.24, 2.45) is 5.41 Å². The summed E-state index contributed by atoms with van der Waals surface area (Å²) in [5.41, 5.74) is 9.69. The first-order chi connectivity index (χ1) is 25.7. The van der Waals surface area contributed by atoms with E-state index < -0.39 is 11.8 Å². The van der Waals surface area contributed by atoms with E-state index in [1.807, 2.05) is 69.3 Å². The van der Waals surface area contributed by atoms with E-state index in [9.17, 15) is 0 Å². The molecule has 0 atom stereocenters. The quantitative estimate of drug-likeness (QED) is 0.188. The Kier molecular flexibility index (Phi) is 5.20. The summed E-state index contributed by atoms with van der Waals surface area (Å²) in [5.74, 6) is 2.14. The molecule has 7 nitrogen and oxygen atoms in total. The molecule has 6 heterocycles. The summed E-state index contributed by atoms with van der Waals surface area (Å²) in [6.07, 6.45) is 0.259. The van der Waals surface area contributed by atoms with Gasteiger partial charge in [0, 0.05) is 36.5 Å². The minimum atomic E-state index is -1.53. The summed E-state index contributed by atoms with van der Waals surface area (Å²) in [6.45, 7) is 5.81. The Bertz CT molecular complexity index is 3280. The first kappa shape index (κ1) is 26.4. The lowest BCUT2D eigenvalue weighted by atomic mass is 9.88. The van der Waals surface area contributed by atoms with Crippen LogP contribution in [-0.2, 0) is 6.37 Å². The van der Waals surface area contributed by atoms with Crippen molar-refractivity contribution in [1.82, 2.24) is 28.3 Å². The third kappa shape index (κ3) is 4.15. The molecule has 0 spiro atoms. The number of hydrogen-bond acceptors (Lipinski definition) is 4. The molecule has 244 valence electrons. The van der Waals surface area contributed by atoms with Gasteiger partial charge in [0.2, 0.25) is 0 Å².